The zero-order chi connectivity index (χ0) is 12.7. The molecule has 0 aliphatic carbocycles. The highest BCUT2D eigenvalue weighted by Crippen LogP contribution is 2.25. The van der Waals surface area contributed by atoms with Gasteiger partial charge in [0.05, 0.1) is 11.6 Å². The van der Waals surface area contributed by atoms with Crippen LogP contribution in [0.25, 0.3) is 0 Å². The van der Waals surface area contributed by atoms with Crippen molar-refractivity contribution in [2.24, 2.45) is 0 Å². The summed E-state index contributed by atoms with van der Waals surface area (Å²) in [4.78, 5) is 11.7. The summed E-state index contributed by atoms with van der Waals surface area (Å²) in [5, 5.41) is 3.14. The predicted molar refractivity (Wildman–Crippen MR) is 72.6 cm³/mol. The second-order valence-corrected chi connectivity index (χ2v) is 4.64. The highest BCUT2D eigenvalue weighted by molar-refractivity contribution is 9.10. The van der Waals surface area contributed by atoms with Crippen LogP contribution in [0.3, 0.4) is 0 Å². The number of halogens is 1. The molecular weight excluding hydrogens is 282 g/mol. The number of Topliss-reactive ketones (excluding diaryl/α,β-unsaturated/α-hetero) is 1. The first-order valence-electron chi connectivity index (χ1n) is 5.72. The third-order valence-electron chi connectivity index (χ3n) is 2.45. The second-order valence-electron chi connectivity index (χ2n) is 3.79. The monoisotopic (exact) mass is 299 g/mol. The number of hydrogen-bond acceptors (Lipinski definition) is 3. The van der Waals surface area contributed by atoms with Gasteiger partial charge in [0.2, 0.25) is 0 Å². The lowest BCUT2D eigenvalue weighted by Gasteiger charge is -2.06. The molecule has 17 heavy (non-hydrogen) atoms. The Hall–Kier alpha value is -0.870. The topological polar surface area (TPSA) is 38.3 Å². The summed E-state index contributed by atoms with van der Waals surface area (Å²) >= 11 is 3.41. The first-order chi connectivity index (χ1) is 8.17. The van der Waals surface area contributed by atoms with Crippen LogP contribution in [0.15, 0.2) is 22.7 Å². The molecule has 0 spiro atoms. The number of carbonyl (C=O) groups excluding carboxylic acids is 1. The third kappa shape index (κ3) is 4.88. The maximum absolute atomic E-state index is 11.7. The van der Waals surface area contributed by atoms with Gasteiger partial charge in [-0.3, -0.25) is 4.79 Å². The largest absolute Gasteiger partial charge is 0.496 e. The lowest BCUT2D eigenvalue weighted by molar-refractivity contribution is -0.118. The molecule has 0 saturated heterocycles. The van der Waals surface area contributed by atoms with Crippen molar-refractivity contribution < 1.29 is 9.53 Å². The van der Waals surface area contributed by atoms with Gasteiger partial charge >= 0.3 is 0 Å². The van der Waals surface area contributed by atoms with Crippen LogP contribution in [-0.2, 0) is 11.2 Å². The Balaban J connectivity index is 2.51. The molecule has 4 heteroatoms. The smallest absolute Gasteiger partial charge is 0.138 e. The number of ether oxygens (including phenoxy) is 1. The van der Waals surface area contributed by atoms with E-state index < -0.39 is 0 Å². The van der Waals surface area contributed by atoms with Crippen LogP contribution in [-0.4, -0.2) is 26.0 Å². The number of nitrogens with one attached hydrogen (secondary N) is 1. The number of methoxy groups -OCH3 is 1. The SMILES string of the molecule is CCNCCC(=O)Cc1ccc(OC)c(Br)c1. The van der Waals surface area contributed by atoms with E-state index in [0.29, 0.717) is 12.8 Å². The Bertz CT molecular complexity index is 380. The van der Waals surface area contributed by atoms with Crippen molar-refractivity contribution >= 4 is 21.7 Å². The number of rotatable bonds is 7. The van der Waals surface area contributed by atoms with E-state index in [1.54, 1.807) is 7.11 Å². The van der Waals surface area contributed by atoms with E-state index in [1.165, 1.54) is 0 Å². The van der Waals surface area contributed by atoms with Crippen LogP contribution in [0, 0.1) is 0 Å². The highest BCUT2D eigenvalue weighted by Gasteiger charge is 2.06. The molecule has 1 aromatic rings. The van der Waals surface area contributed by atoms with E-state index >= 15 is 0 Å². The van der Waals surface area contributed by atoms with E-state index in [1.807, 2.05) is 25.1 Å². The molecule has 3 nitrogen and oxygen atoms in total. The zero-order valence-electron chi connectivity index (χ0n) is 10.3. The van der Waals surface area contributed by atoms with Crippen molar-refractivity contribution in [3.05, 3.63) is 28.2 Å². The van der Waals surface area contributed by atoms with Gasteiger partial charge < -0.3 is 10.1 Å². The quantitative estimate of drug-likeness (QED) is 0.787. The van der Waals surface area contributed by atoms with E-state index in [9.17, 15) is 4.79 Å². The van der Waals surface area contributed by atoms with Crippen molar-refractivity contribution in [1.82, 2.24) is 5.32 Å². The van der Waals surface area contributed by atoms with Gasteiger partial charge in [0.15, 0.2) is 0 Å². The maximum Gasteiger partial charge on any atom is 0.138 e. The number of ketones is 1. The molecular formula is C13H18BrNO2. The van der Waals surface area contributed by atoms with Crippen LogP contribution in [0.2, 0.25) is 0 Å². The van der Waals surface area contributed by atoms with Crippen molar-refractivity contribution in [3.63, 3.8) is 0 Å². The maximum atomic E-state index is 11.7. The van der Waals surface area contributed by atoms with Crippen LogP contribution < -0.4 is 10.1 Å². The molecule has 0 atom stereocenters. The van der Waals surface area contributed by atoms with Crippen molar-refractivity contribution in [3.8, 4) is 5.75 Å². The summed E-state index contributed by atoms with van der Waals surface area (Å²) in [7, 11) is 1.63. The standard InChI is InChI=1S/C13H18BrNO2/c1-3-15-7-6-11(16)8-10-4-5-13(17-2)12(14)9-10/h4-5,9,15H,3,6-8H2,1-2H3. The molecule has 0 radical (unpaired) electrons. The van der Waals surface area contributed by atoms with Crippen molar-refractivity contribution in [1.29, 1.82) is 0 Å². The third-order valence-corrected chi connectivity index (χ3v) is 3.07. The molecule has 94 valence electrons. The van der Waals surface area contributed by atoms with Crippen molar-refractivity contribution in [2.75, 3.05) is 20.2 Å². The fourth-order valence-electron chi connectivity index (χ4n) is 1.54. The Kier molecular flexibility index (Phi) is 6.22. The molecule has 0 bridgehead atoms. The molecule has 0 saturated carbocycles. The summed E-state index contributed by atoms with van der Waals surface area (Å²) in [6, 6.07) is 5.73. The minimum Gasteiger partial charge on any atom is -0.496 e. The van der Waals surface area contributed by atoms with E-state index in [2.05, 4.69) is 21.2 Å². The number of hydrogen-bond donors (Lipinski definition) is 1. The Morgan fingerprint density at radius 2 is 2.24 bits per heavy atom. The Labute approximate surface area is 111 Å². The van der Waals surface area contributed by atoms with Gasteiger partial charge in [-0.15, -0.1) is 0 Å². The minimum absolute atomic E-state index is 0.253. The van der Waals surface area contributed by atoms with Crippen molar-refractivity contribution in [2.45, 2.75) is 19.8 Å². The summed E-state index contributed by atoms with van der Waals surface area (Å²) in [6.45, 7) is 3.69. The molecule has 1 N–H and O–H groups in total. The minimum atomic E-state index is 0.253. The second kappa shape index (κ2) is 7.45. The molecule has 0 aliphatic heterocycles. The average Bonchev–Trinajstić information content (AvgIpc) is 2.29. The van der Waals surface area contributed by atoms with Gasteiger partial charge in [0.1, 0.15) is 11.5 Å². The molecule has 0 aromatic heterocycles. The summed E-state index contributed by atoms with van der Waals surface area (Å²) < 4.78 is 6.03. The van der Waals surface area contributed by atoms with Crippen LogP contribution in [0.4, 0.5) is 0 Å². The molecule has 0 heterocycles. The summed E-state index contributed by atoms with van der Waals surface area (Å²) in [5.41, 5.74) is 1.01. The van der Waals surface area contributed by atoms with Crippen LogP contribution >= 0.6 is 15.9 Å². The lowest BCUT2D eigenvalue weighted by atomic mass is 10.1. The molecule has 0 unspecified atom stereocenters. The van der Waals surface area contributed by atoms with Crippen LogP contribution in [0.1, 0.15) is 18.9 Å². The van der Waals surface area contributed by atoms with E-state index in [-0.39, 0.29) is 5.78 Å². The van der Waals surface area contributed by atoms with Gasteiger partial charge in [-0.1, -0.05) is 13.0 Å². The van der Waals surface area contributed by atoms with E-state index in [0.717, 1.165) is 28.9 Å². The summed E-state index contributed by atoms with van der Waals surface area (Å²) in [5.74, 6) is 1.04. The van der Waals surface area contributed by atoms with Crippen LogP contribution in [0.5, 0.6) is 5.75 Å². The van der Waals surface area contributed by atoms with Gasteiger partial charge in [-0.2, -0.15) is 0 Å². The fraction of sp³-hybridized carbons (Fsp3) is 0.462. The van der Waals surface area contributed by atoms with E-state index in [4.69, 9.17) is 4.74 Å². The first-order valence-corrected chi connectivity index (χ1v) is 6.51. The Morgan fingerprint density at radius 1 is 1.47 bits per heavy atom. The van der Waals surface area contributed by atoms with Gasteiger partial charge in [0.25, 0.3) is 0 Å². The molecule has 1 rings (SSSR count). The highest BCUT2D eigenvalue weighted by atomic mass is 79.9. The van der Waals surface area contributed by atoms with Gasteiger partial charge in [0, 0.05) is 19.4 Å². The normalized spacial score (nSPS) is 10.3. The molecule has 0 amide bonds. The number of carbonyl (C=O) groups is 1. The number of benzene rings is 1. The lowest BCUT2D eigenvalue weighted by Crippen LogP contribution is -2.18. The van der Waals surface area contributed by atoms with Gasteiger partial charge in [-0.05, 0) is 40.2 Å². The fourth-order valence-corrected chi connectivity index (χ4v) is 2.13. The molecule has 1 aromatic carbocycles. The molecule has 0 aliphatic rings. The average molecular weight is 300 g/mol. The predicted octanol–water partition coefficient (Wildman–Crippen LogP) is 2.57. The zero-order valence-corrected chi connectivity index (χ0v) is 11.8. The van der Waals surface area contributed by atoms with Gasteiger partial charge in [-0.25, -0.2) is 0 Å². The first kappa shape index (κ1) is 14.2. The summed E-state index contributed by atoms with van der Waals surface area (Å²) in [6.07, 6.45) is 1.06. The molecule has 0 fully saturated rings. The Morgan fingerprint density at radius 3 is 2.82 bits per heavy atom.